The molecule has 2 heterocycles. The molecular formula is C24H31ClIN5O. The van der Waals surface area contributed by atoms with Crippen LogP contribution in [0.2, 0.25) is 5.02 Å². The molecule has 0 saturated carbocycles. The highest BCUT2D eigenvalue weighted by Crippen LogP contribution is 2.21. The summed E-state index contributed by atoms with van der Waals surface area (Å²) in [6.45, 7) is 5.96. The molecule has 32 heavy (non-hydrogen) atoms. The zero-order valence-electron chi connectivity index (χ0n) is 18.5. The smallest absolute Gasteiger partial charge is 0.222 e. The normalized spacial score (nSPS) is 16.9. The molecule has 0 atom stereocenters. The van der Waals surface area contributed by atoms with E-state index in [-0.39, 0.29) is 29.9 Å². The van der Waals surface area contributed by atoms with Crippen molar-refractivity contribution in [2.45, 2.75) is 25.9 Å². The van der Waals surface area contributed by atoms with Gasteiger partial charge in [-0.25, -0.2) is 0 Å². The number of nitrogens with zero attached hydrogens (tertiary/aromatic N) is 4. The lowest BCUT2D eigenvalue weighted by Crippen LogP contribution is -2.52. The molecule has 1 amide bonds. The van der Waals surface area contributed by atoms with Gasteiger partial charge in [0.1, 0.15) is 0 Å². The van der Waals surface area contributed by atoms with Crippen LogP contribution in [0.3, 0.4) is 0 Å². The van der Waals surface area contributed by atoms with Gasteiger partial charge in [-0.1, -0.05) is 41.9 Å². The zero-order valence-corrected chi connectivity index (χ0v) is 21.6. The maximum Gasteiger partial charge on any atom is 0.222 e. The Kier molecular flexibility index (Phi) is 9.04. The van der Waals surface area contributed by atoms with Crippen LogP contribution in [0.15, 0.2) is 53.5 Å². The van der Waals surface area contributed by atoms with E-state index < -0.39 is 0 Å². The van der Waals surface area contributed by atoms with Crippen molar-refractivity contribution in [1.29, 1.82) is 0 Å². The third-order valence-corrected chi connectivity index (χ3v) is 6.19. The molecule has 0 aliphatic carbocycles. The summed E-state index contributed by atoms with van der Waals surface area (Å²) in [6.07, 6.45) is 1.66. The maximum atomic E-state index is 11.9. The highest BCUT2D eigenvalue weighted by Gasteiger charge is 2.21. The second-order valence-electron chi connectivity index (χ2n) is 8.09. The third-order valence-electron chi connectivity index (χ3n) is 5.95. The number of hydrogen-bond acceptors (Lipinski definition) is 3. The molecule has 2 aromatic carbocycles. The Morgan fingerprint density at radius 1 is 1.03 bits per heavy atom. The van der Waals surface area contributed by atoms with Gasteiger partial charge >= 0.3 is 0 Å². The van der Waals surface area contributed by atoms with Gasteiger partial charge in [0, 0.05) is 70.0 Å². The number of benzene rings is 2. The van der Waals surface area contributed by atoms with E-state index in [0.717, 1.165) is 50.1 Å². The number of aliphatic imine (C=N–C) groups is 1. The summed E-state index contributed by atoms with van der Waals surface area (Å²) < 4.78 is 0. The molecule has 6 nitrogen and oxygen atoms in total. The third kappa shape index (κ3) is 6.28. The van der Waals surface area contributed by atoms with Crippen LogP contribution < -0.4 is 10.2 Å². The summed E-state index contributed by atoms with van der Waals surface area (Å²) in [5, 5.41) is 4.28. The summed E-state index contributed by atoms with van der Waals surface area (Å²) in [6, 6.07) is 16.5. The molecule has 1 N–H and O–H groups in total. The largest absolute Gasteiger partial charge is 0.368 e. The Bertz CT molecular complexity index is 945. The predicted octanol–water partition coefficient (Wildman–Crippen LogP) is 3.98. The van der Waals surface area contributed by atoms with Crippen LogP contribution in [-0.4, -0.2) is 61.4 Å². The molecule has 2 aliphatic rings. The monoisotopic (exact) mass is 567 g/mol. The maximum absolute atomic E-state index is 11.9. The summed E-state index contributed by atoms with van der Waals surface area (Å²) in [7, 11) is 1.83. The average Bonchev–Trinajstić information content (AvgIpc) is 3.19. The van der Waals surface area contributed by atoms with Crippen molar-refractivity contribution in [3.05, 3.63) is 64.7 Å². The number of amides is 1. The van der Waals surface area contributed by atoms with E-state index in [1.165, 1.54) is 16.8 Å². The van der Waals surface area contributed by atoms with Crippen molar-refractivity contribution in [2.75, 3.05) is 44.7 Å². The lowest BCUT2D eigenvalue weighted by atomic mass is 10.1. The number of rotatable bonds is 5. The Balaban J connectivity index is 0.00000289. The van der Waals surface area contributed by atoms with Crippen LogP contribution in [0, 0.1) is 0 Å². The van der Waals surface area contributed by atoms with Gasteiger partial charge in [0.15, 0.2) is 5.96 Å². The number of halogens is 2. The Hall–Kier alpha value is -2.00. The molecule has 0 bridgehead atoms. The first kappa shape index (κ1) is 24.6. The van der Waals surface area contributed by atoms with E-state index in [1.54, 1.807) is 0 Å². The topological polar surface area (TPSA) is 51.2 Å². The second kappa shape index (κ2) is 11.7. The fourth-order valence-corrected chi connectivity index (χ4v) is 4.48. The van der Waals surface area contributed by atoms with Crippen molar-refractivity contribution in [2.24, 2.45) is 4.99 Å². The minimum Gasteiger partial charge on any atom is -0.368 e. The molecule has 8 heteroatoms. The fraction of sp³-hybridized carbons (Fsp3) is 0.417. The average molecular weight is 568 g/mol. The fourth-order valence-electron chi connectivity index (χ4n) is 4.29. The number of likely N-dealkylation sites (tertiary alicyclic amines) is 1. The van der Waals surface area contributed by atoms with Gasteiger partial charge in [-0.3, -0.25) is 9.79 Å². The van der Waals surface area contributed by atoms with E-state index in [2.05, 4.69) is 50.4 Å². The molecule has 2 fully saturated rings. The molecule has 2 aliphatic heterocycles. The first-order valence-corrected chi connectivity index (χ1v) is 11.3. The molecule has 0 aromatic heterocycles. The van der Waals surface area contributed by atoms with Crippen LogP contribution in [-0.2, 0) is 17.9 Å². The van der Waals surface area contributed by atoms with Crippen LogP contribution in [0.5, 0.6) is 0 Å². The summed E-state index contributed by atoms with van der Waals surface area (Å²) in [5.41, 5.74) is 3.55. The number of anilines is 1. The lowest BCUT2D eigenvalue weighted by Gasteiger charge is -2.37. The number of carbonyl (C=O) groups excluding carboxylic acids is 1. The van der Waals surface area contributed by atoms with Gasteiger partial charge < -0.3 is 20.0 Å². The lowest BCUT2D eigenvalue weighted by molar-refractivity contribution is -0.128. The van der Waals surface area contributed by atoms with E-state index in [9.17, 15) is 4.79 Å². The van der Waals surface area contributed by atoms with Crippen molar-refractivity contribution in [1.82, 2.24) is 15.1 Å². The van der Waals surface area contributed by atoms with Gasteiger partial charge in [0.05, 0.1) is 0 Å². The Morgan fingerprint density at radius 2 is 1.78 bits per heavy atom. The quantitative estimate of drug-likeness (QED) is 0.338. The SMILES string of the molecule is CN=C(NCc1cccc(CN2CCCC2=O)c1)N1CCN(c2cccc(Cl)c2)CC1.I. The first-order valence-electron chi connectivity index (χ1n) is 10.9. The van der Waals surface area contributed by atoms with Crippen LogP contribution in [0.25, 0.3) is 0 Å². The molecule has 172 valence electrons. The minimum absolute atomic E-state index is 0. The predicted molar refractivity (Wildman–Crippen MR) is 142 cm³/mol. The Morgan fingerprint density at radius 3 is 2.47 bits per heavy atom. The van der Waals surface area contributed by atoms with Crippen molar-refractivity contribution in [3.8, 4) is 0 Å². The zero-order chi connectivity index (χ0) is 21.6. The van der Waals surface area contributed by atoms with Crippen LogP contribution in [0.1, 0.15) is 24.0 Å². The summed E-state index contributed by atoms with van der Waals surface area (Å²) >= 11 is 6.15. The molecule has 4 rings (SSSR count). The second-order valence-corrected chi connectivity index (χ2v) is 8.53. The summed E-state index contributed by atoms with van der Waals surface area (Å²) in [5.74, 6) is 1.19. The standard InChI is InChI=1S/C24H30ClN5O.HI/c1-26-24(29-13-11-28(12-14-29)22-8-3-7-21(25)16-22)27-17-19-5-2-6-20(15-19)18-30-10-4-9-23(30)31;/h2-3,5-8,15-16H,4,9-14,17-18H2,1H3,(H,26,27);1H. The van der Waals surface area contributed by atoms with Gasteiger partial charge in [0.2, 0.25) is 5.91 Å². The molecule has 2 aromatic rings. The number of carbonyl (C=O) groups is 1. The number of piperazine rings is 1. The van der Waals surface area contributed by atoms with Gasteiger partial charge in [-0.05, 0) is 35.7 Å². The number of guanidine groups is 1. The van der Waals surface area contributed by atoms with Gasteiger partial charge in [0.25, 0.3) is 0 Å². The molecule has 0 unspecified atom stereocenters. The van der Waals surface area contributed by atoms with Crippen molar-refractivity contribution >= 4 is 53.1 Å². The van der Waals surface area contributed by atoms with Crippen LogP contribution >= 0.6 is 35.6 Å². The number of hydrogen-bond donors (Lipinski definition) is 1. The van der Waals surface area contributed by atoms with Gasteiger partial charge in [-0.15, -0.1) is 24.0 Å². The van der Waals surface area contributed by atoms with Crippen molar-refractivity contribution < 1.29 is 4.79 Å². The highest BCUT2D eigenvalue weighted by atomic mass is 127. The van der Waals surface area contributed by atoms with Gasteiger partial charge in [-0.2, -0.15) is 0 Å². The Labute approximate surface area is 212 Å². The van der Waals surface area contributed by atoms with Crippen molar-refractivity contribution in [3.63, 3.8) is 0 Å². The molecular weight excluding hydrogens is 537 g/mol. The molecule has 2 saturated heterocycles. The van der Waals surface area contributed by atoms with E-state index >= 15 is 0 Å². The molecule has 0 radical (unpaired) electrons. The highest BCUT2D eigenvalue weighted by molar-refractivity contribution is 14.0. The van der Waals surface area contributed by atoms with E-state index in [1.807, 2.05) is 30.1 Å². The minimum atomic E-state index is 0. The number of nitrogens with one attached hydrogen (secondary N) is 1. The van der Waals surface area contributed by atoms with E-state index in [4.69, 9.17) is 11.6 Å². The van der Waals surface area contributed by atoms with Crippen LogP contribution in [0.4, 0.5) is 5.69 Å². The van der Waals surface area contributed by atoms with E-state index in [0.29, 0.717) is 19.5 Å². The summed E-state index contributed by atoms with van der Waals surface area (Å²) in [4.78, 5) is 23.0. The molecule has 0 spiro atoms. The first-order chi connectivity index (χ1) is 15.1.